The molecule has 1 amide bonds. The van der Waals surface area contributed by atoms with Gasteiger partial charge in [-0.15, -0.1) is 0 Å². The van der Waals surface area contributed by atoms with Gasteiger partial charge in [0.15, 0.2) is 6.61 Å². The largest absolute Gasteiger partial charge is 0.378 e. The summed E-state index contributed by atoms with van der Waals surface area (Å²) in [6.07, 6.45) is 3.49. The summed E-state index contributed by atoms with van der Waals surface area (Å²) in [5.74, 6) is -0.0195. The summed E-state index contributed by atoms with van der Waals surface area (Å²) < 4.78 is 5.27. The number of benzene rings is 1. The van der Waals surface area contributed by atoms with Gasteiger partial charge in [0, 0.05) is 25.5 Å². The highest BCUT2D eigenvalue weighted by molar-refractivity contribution is 5.77. The molecule has 1 aliphatic heterocycles. The van der Waals surface area contributed by atoms with Crippen molar-refractivity contribution < 1.29 is 14.4 Å². The highest BCUT2D eigenvalue weighted by Crippen LogP contribution is 2.17. The first-order chi connectivity index (χ1) is 11.8. The van der Waals surface area contributed by atoms with Crippen molar-refractivity contribution in [1.29, 1.82) is 0 Å². The number of hydrogen-bond acceptors (Lipinski definition) is 5. The molecule has 2 aromatic rings. The van der Waals surface area contributed by atoms with Crippen LogP contribution in [0.1, 0.15) is 5.56 Å². The van der Waals surface area contributed by atoms with Crippen molar-refractivity contribution in [2.75, 3.05) is 38.0 Å². The molecule has 0 bridgehead atoms. The fraction of sp³-hybridized carbons (Fsp3) is 0.333. The zero-order valence-electron chi connectivity index (χ0n) is 13.5. The number of pyridine rings is 1. The molecule has 1 saturated heterocycles. The molecule has 0 spiro atoms. The zero-order valence-corrected chi connectivity index (χ0v) is 13.5. The first-order valence-corrected chi connectivity index (χ1v) is 8.03. The van der Waals surface area contributed by atoms with Crippen molar-refractivity contribution in [3.63, 3.8) is 0 Å². The van der Waals surface area contributed by atoms with Crippen LogP contribution in [0.2, 0.25) is 0 Å². The number of amides is 1. The van der Waals surface area contributed by atoms with Crippen LogP contribution < -0.4 is 5.06 Å². The molecular formula is C18H21N3O3. The van der Waals surface area contributed by atoms with Gasteiger partial charge in [-0.2, -0.15) is 0 Å². The second-order valence-corrected chi connectivity index (χ2v) is 5.49. The van der Waals surface area contributed by atoms with Crippen molar-refractivity contribution >= 4 is 11.6 Å². The average molecular weight is 327 g/mol. The molecule has 0 aliphatic carbocycles. The Morgan fingerprint density at radius 2 is 1.83 bits per heavy atom. The fourth-order valence-corrected chi connectivity index (χ4v) is 2.50. The van der Waals surface area contributed by atoms with Gasteiger partial charge in [0.05, 0.1) is 25.4 Å². The van der Waals surface area contributed by atoms with Gasteiger partial charge in [-0.05, 0) is 29.8 Å². The van der Waals surface area contributed by atoms with Crippen LogP contribution in [0.4, 0.5) is 5.69 Å². The minimum absolute atomic E-state index is 0.0139. The Kier molecular flexibility index (Phi) is 5.76. The Morgan fingerprint density at radius 3 is 2.54 bits per heavy atom. The number of rotatable bonds is 6. The minimum Gasteiger partial charge on any atom is -0.378 e. The van der Waals surface area contributed by atoms with E-state index in [-0.39, 0.29) is 12.5 Å². The summed E-state index contributed by atoms with van der Waals surface area (Å²) in [5, 5.41) is 1.74. The summed E-state index contributed by atoms with van der Waals surface area (Å²) >= 11 is 0. The maximum absolute atomic E-state index is 12.3. The Bertz CT molecular complexity index is 630. The first kappa shape index (κ1) is 16.4. The van der Waals surface area contributed by atoms with Crippen molar-refractivity contribution in [2.24, 2.45) is 0 Å². The number of aromatic nitrogens is 1. The summed E-state index contributed by atoms with van der Waals surface area (Å²) in [4.78, 5) is 23.9. The lowest BCUT2D eigenvalue weighted by Gasteiger charge is -2.29. The second kappa shape index (κ2) is 8.42. The SMILES string of the molecule is O=C(CON(Cc1ccncc1)c1ccccc1)N1CCOCC1. The normalized spacial score (nSPS) is 14.4. The van der Waals surface area contributed by atoms with E-state index < -0.39 is 0 Å². The van der Waals surface area contributed by atoms with Crippen LogP contribution in [-0.4, -0.2) is 48.7 Å². The van der Waals surface area contributed by atoms with Gasteiger partial charge in [-0.3, -0.25) is 14.6 Å². The fourth-order valence-electron chi connectivity index (χ4n) is 2.50. The Hall–Kier alpha value is -2.44. The number of morpholine rings is 1. The molecular weight excluding hydrogens is 306 g/mol. The molecule has 0 unspecified atom stereocenters. The van der Waals surface area contributed by atoms with Crippen LogP contribution in [-0.2, 0) is 20.9 Å². The van der Waals surface area contributed by atoms with E-state index in [1.54, 1.807) is 22.4 Å². The minimum atomic E-state index is -0.0195. The van der Waals surface area contributed by atoms with Crippen LogP contribution in [0.25, 0.3) is 0 Å². The smallest absolute Gasteiger partial charge is 0.251 e. The summed E-state index contributed by atoms with van der Waals surface area (Å²) in [7, 11) is 0. The van der Waals surface area contributed by atoms with Crippen LogP contribution in [0.3, 0.4) is 0 Å². The predicted octanol–water partition coefficient (Wildman–Crippen LogP) is 1.88. The molecule has 1 aromatic carbocycles. The topological polar surface area (TPSA) is 54.9 Å². The molecule has 24 heavy (non-hydrogen) atoms. The van der Waals surface area contributed by atoms with Gasteiger partial charge in [0.1, 0.15) is 0 Å². The van der Waals surface area contributed by atoms with Crippen LogP contribution in [0.15, 0.2) is 54.9 Å². The van der Waals surface area contributed by atoms with Crippen molar-refractivity contribution in [3.8, 4) is 0 Å². The number of hydrogen-bond donors (Lipinski definition) is 0. The lowest BCUT2D eigenvalue weighted by Crippen LogP contribution is -2.43. The van der Waals surface area contributed by atoms with Gasteiger partial charge >= 0.3 is 0 Å². The second-order valence-electron chi connectivity index (χ2n) is 5.49. The van der Waals surface area contributed by atoms with E-state index in [9.17, 15) is 4.79 Å². The number of hydroxylamine groups is 1. The molecule has 0 N–H and O–H groups in total. The highest BCUT2D eigenvalue weighted by Gasteiger charge is 2.18. The standard InChI is InChI=1S/C18H21N3O3/c22-18(20-10-12-23-13-11-20)15-24-21(17-4-2-1-3-5-17)14-16-6-8-19-9-7-16/h1-9H,10-15H2. The number of nitrogens with zero attached hydrogens (tertiary/aromatic N) is 3. The molecule has 1 fully saturated rings. The molecule has 1 aromatic heterocycles. The van der Waals surface area contributed by atoms with Gasteiger partial charge in [-0.1, -0.05) is 18.2 Å². The van der Waals surface area contributed by atoms with E-state index in [1.165, 1.54) is 0 Å². The molecule has 6 nitrogen and oxygen atoms in total. The Labute approximate surface area is 141 Å². The van der Waals surface area contributed by atoms with Gasteiger partial charge in [0.25, 0.3) is 5.91 Å². The summed E-state index contributed by atoms with van der Waals surface area (Å²) in [5.41, 5.74) is 1.97. The number of carbonyl (C=O) groups excluding carboxylic acids is 1. The third-order valence-corrected chi connectivity index (χ3v) is 3.83. The monoisotopic (exact) mass is 327 g/mol. The van der Waals surface area contributed by atoms with E-state index in [1.807, 2.05) is 42.5 Å². The van der Waals surface area contributed by atoms with Crippen LogP contribution >= 0.6 is 0 Å². The average Bonchev–Trinajstić information content (AvgIpc) is 2.67. The molecule has 3 rings (SSSR count). The van der Waals surface area contributed by atoms with Gasteiger partial charge < -0.3 is 9.64 Å². The van der Waals surface area contributed by atoms with Gasteiger partial charge in [0.2, 0.25) is 0 Å². The molecule has 2 heterocycles. The van der Waals surface area contributed by atoms with Crippen molar-refractivity contribution in [1.82, 2.24) is 9.88 Å². The van der Waals surface area contributed by atoms with Crippen molar-refractivity contribution in [3.05, 3.63) is 60.4 Å². The van der Waals surface area contributed by atoms with Crippen molar-refractivity contribution in [2.45, 2.75) is 6.54 Å². The number of carbonyl (C=O) groups is 1. The Balaban J connectivity index is 1.64. The van der Waals surface area contributed by atoms with Crippen LogP contribution in [0, 0.1) is 0 Å². The Morgan fingerprint density at radius 1 is 1.12 bits per heavy atom. The summed E-state index contributed by atoms with van der Waals surface area (Å²) in [6, 6.07) is 13.6. The van der Waals surface area contributed by atoms with Gasteiger partial charge in [-0.25, -0.2) is 5.06 Å². The number of ether oxygens (including phenoxy) is 1. The first-order valence-electron chi connectivity index (χ1n) is 8.03. The zero-order chi connectivity index (χ0) is 16.6. The highest BCUT2D eigenvalue weighted by atomic mass is 16.7. The molecule has 1 aliphatic rings. The maximum Gasteiger partial charge on any atom is 0.251 e. The third-order valence-electron chi connectivity index (χ3n) is 3.83. The predicted molar refractivity (Wildman–Crippen MR) is 90.2 cm³/mol. The molecule has 0 atom stereocenters. The molecule has 6 heteroatoms. The van der Waals surface area contributed by atoms with E-state index in [0.717, 1.165) is 11.3 Å². The number of anilines is 1. The van der Waals surface area contributed by atoms with E-state index in [4.69, 9.17) is 9.57 Å². The molecule has 126 valence electrons. The van der Waals surface area contributed by atoms with Crippen LogP contribution in [0.5, 0.6) is 0 Å². The summed E-state index contributed by atoms with van der Waals surface area (Å²) in [6.45, 7) is 2.98. The molecule has 0 saturated carbocycles. The lowest BCUT2D eigenvalue weighted by atomic mass is 10.2. The van der Waals surface area contributed by atoms with E-state index >= 15 is 0 Å². The molecule has 0 radical (unpaired) electrons. The third kappa shape index (κ3) is 4.53. The van der Waals surface area contributed by atoms with E-state index in [2.05, 4.69) is 4.98 Å². The quantitative estimate of drug-likeness (QED) is 0.758. The number of para-hydroxylation sites is 1. The maximum atomic E-state index is 12.3. The lowest BCUT2D eigenvalue weighted by molar-refractivity contribution is -0.140. The van der Waals surface area contributed by atoms with E-state index in [0.29, 0.717) is 32.8 Å².